The number of anilines is 1. The molecule has 24 heavy (non-hydrogen) atoms. The summed E-state index contributed by atoms with van der Waals surface area (Å²) in [6.07, 6.45) is 12.6. The van der Waals surface area contributed by atoms with E-state index in [2.05, 4.69) is 20.5 Å². The smallest absolute Gasteiger partial charge is 0.151 e. The number of rotatable bonds is 6. The van der Waals surface area contributed by atoms with E-state index in [-0.39, 0.29) is 0 Å². The Morgan fingerprint density at radius 3 is 2.92 bits per heavy atom. The summed E-state index contributed by atoms with van der Waals surface area (Å²) in [4.78, 5) is 7.08. The molecule has 0 unspecified atom stereocenters. The maximum absolute atomic E-state index is 5.55. The summed E-state index contributed by atoms with van der Waals surface area (Å²) >= 11 is 5.55. The second-order valence-electron chi connectivity index (χ2n) is 6.35. The first-order chi connectivity index (χ1) is 11.8. The molecule has 0 amide bonds. The number of tetrazole rings is 1. The molecule has 2 aromatic heterocycles. The van der Waals surface area contributed by atoms with Crippen molar-refractivity contribution in [2.45, 2.75) is 57.4 Å². The SMILES string of the molecule is CN(C(=S)CCCc1nnnn1C1CCCCC1)c1cccnc1. The van der Waals surface area contributed by atoms with Crippen molar-refractivity contribution in [2.24, 2.45) is 0 Å². The van der Waals surface area contributed by atoms with Gasteiger partial charge in [0.1, 0.15) is 0 Å². The van der Waals surface area contributed by atoms with Crippen molar-refractivity contribution in [3.63, 3.8) is 0 Å². The highest BCUT2D eigenvalue weighted by molar-refractivity contribution is 7.80. The van der Waals surface area contributed by atoms with E-state index in [4.69, 9.17) is 12.2 Å². The Kier molecular flexibility index (Phi) is 5.85. The molecule has 2 aromatic rings. The van der Waals surface area contributed by atoms with Gasteiger partial charge in [-0.05, 0) is 48.2 Å². The Bertz CT molecular complexity index is 650. The molecule has 1 fully saturated rings. The molecule has 0 saturated heterocycles. The molecule has 0 spiro atoms. The predicted molar refractivity (Wildman–Crippen MR) is 98.1 cm³/mol. The lowest BCUT2D eigenvalue weighted by atomic mass is 9.95. The van der Waals surface area contributed by atoms with Crippen molar-refractivity contribution in [1.82, 2.24) is 25.2 Å². The third kappa shape index (κ3) is 4.14. The summed E-state index contributed by atoms with van der Waals surface area (Å²) in [7, 11) is 1.99. The molecule has 128 valence electrons. The van der Waals surface area contributed by atoms with Crippen LogP contribution in [0.25, 0.3) is 0 Å². The minimum atomic E-state index is 0.480. The van der Waals surface area contributed by atoms with E-state index in [0.717, 1.165) is 35.8 Å². The van der Waals surface area contributed by atoms with Crippen LogP contribution in [0.15, 0.2) is 24.5 Å². The van der Waals surface area contributed by atoms with Gasteiger partial charge in [0.05, 0.1) is 22.9 Å². The molecule has 1 saturated carbocycles. The Hall–Kier alpha value is -1.89. The first-order valence-corrected chi connectivity index (χ1v) is 9.10. The Morgan fingerprint density at radius 2 is 2.17 bits per heavy atom. The largest absolute Gasteiger partial charge is 0.338 e. The Labute approximate surface area is 148 Å². The molecule has 0 aromatic carbocycles. The highest BCUT2D eigenvalue weighted by Gasteiger charge is 2.19. The molecule has 0 N–H and O–H groups in total. The average molecular weight is 344 g/mol. The van der Waals surface area contributed by atoms with E-state index in [1.165, 1.54) is 32.1 Å². The standard InChI is InChI=1S/C17H24N6S/c1-22(15-9-6-12-18-13-15)17(24)11-5-10-16-19-20-21-23(16)14-7-3-2-4-8-14/h6,9,12-14H,2-5,7-8,10-11H2,1H3. The highest BCUT2D eigenvalue weighted by atomic mass is 32.1. The molecule has 3 rings (SSSR count). The number of hydrogen-bond acceptors (Lipinski definition) is 5. The maximum atomic E-state index is 5.55. The lowest BCUT2D eigenvalue weighted by Crippen LogP contribution is -2.24. The number of thiocarbonyl (C=S) groups is 1. The molecule has 0 atom stereocenters. The molecule has 0 bridgehead atoms. The van der Waals surface area contributed by atoms with Crippen LogP contribution in [-0.4, -0.2) is 37.2 Å². The third-order valence-electron chi connectivity index (χ3n) is 4.68. The van der Waals surface area contributed by atoms with Crippen molar-refractivity contribution in [1.29, 1.82) is 0 Å². The van der Waals surface area contributed by atoms with Crippen LogP contribution in [0.5, 0.6) is 0 Å². The normalized spacial score (nSPS) is 15.4. The van der Waals surface area contributed by atoms with Gasteiger partial charge in [0.15, 0.2) is 5.82 Å². The fraction of sp³-hybridized carbons (Fsp3) is 0.588. The van der Waals surface area contributed by atoms with E-state index in [1.807, 2.05) is 35.0 Å². The van der Waals surface area contributed by atoms with Gasteiger partial charge in [0.25, 0.3) is 0 Å². The van der Waals surface area contributed by atoms with Gasteiger partial charge in [-0.1, -0.05) is 31.5 Å². The summed E-state index contributed by atoms with van der Waals surface area (Å²) in [5, 5.41) is 12.3. The van der Waals surface area contributed by atoms with Crippen molar-refractivity contribution >= 4 is 22.9 Å². The number of nitrogens with zero attached hydrogens (tertiary/aromatic N) is 6. The highest BCUT2D eigenvalue weighted by Crippen LogP contribution is 2.28. The van der Waals surface area contributed by atoms with E-state index in [9.17, 15) is 0 Å². The van der Waals surface area contributed by atoms with Gasteiger partial charge in [-0.2, -0.15) is 0 Å². The van der Waals surface area contributed by atoms with Crippen molar-refractivity contribution in [3.8, 4) is 0 Å². The van der Waals surface area contributed by atoms with Crippen LogP contribution >= 0.6 is 12.2 Å². The maximum Gasteiger partial charge on any atom is 0.151 e. The van der Waals surface area contributed by atoms with Gasteiger partial charge in [0, 0.05) is 19.7 Å². The summed E-state index contributed by atoms with van der Waals surface area (Å²) < 4.78 is 2.05. The minimum Gasteiger partial charge on any atom is -0.338 e. The molecule has 0 radical (unpaired) electrons. The van der Waals surface area contributed by atoms with Gasteiger partial charge in [0.2, 0.25) is 0 Å². The average Bonchev–Trinajstić information content (AvgIpc) is 3.11. The van der Waals surface area contributed by atoms with Crippen LogP contribution in [-0.2, 0) is 6.42 Å². The van der Waals surface area contributed by atoms with E-state index in [1.54, 1.807) is 6.20 Å². The van der Waals surface area contributed by atoms with Gasteiger partial charge < -0.3 is 4.90 Å². The van der Waals surface area contributed by atoms with Crippen molar-refractivity contribution in [3.05, 3.63) is 30.4 Å². The van der Waals surface area contributed by atoms with E-state index >= 15 is 0 Å². The molecule has 1 aliphatic carbocycles. The van der Waals surface area contributed by atoms with Gasteiger partial charge >= 0.3 is 0 Å². The van der Waals surface area contributed by atoms with Gasteiger partial charge in [-0.3, -0.25) is 4.98 Å². The first kappa shape index (κ1) is 17.0. The second kappa shape index (κ2) is 8.28. The fourth-order valence-electron chi connectivity index (χ4n) is 3.25. The minimum absolute atomic E-state index is 0.480. The molecule has 6 nitrogen and oxygen atoms in total. The zero-order chi connectivity index (χ0) is 16.8. The molecule has 2 heterocycles. The monoisotopic (exact) mass is 344 g/mol. The van der Waals surface area contributed by atoms with Crippen LogP contribution in [0.2, 0.25) is 0 Å². The molecule has 0 aliphatic heterocycles. The number of aryl methyl sites for hydroxylation is 1. The van der Waals surface area contributed by atoms with Crippen LogP contribution in [0.1, 0.15) is 56.8 Å². The summed E-state index contributed by atoms with van der Waals surface area (Å²) in [6, 6.07) is 4.42. The van der Waals surface area contributed by atoms with Crippen LogP contribution in [0.3, 0.4) is 0 Å². The number of aromatic nitrogens is 5. The van der Waals surface area contributed by atoms with E-state index < -0.39 is 0 Å². The van der Waals surface area contributed by atoms with Gasteiger partial charge in [-0.15, -0.1) is 5.10 Å². The zero-order valence-electron chi connectivity index (χ0n) is 14.1. The Morgan fingerprint density at radius 1 is 1.33 bits per heavy atom. The Balaban J connectivity index is 1.51. The fourth-order valence-corrected chi connectivity index (χ4v) is 3.50. The topological polar surface area (TPSA) is 59.7 Å². The predicted octanol–water partition coefficient (Wildman–Crippen LogP) is 3.36. The van der Waals surface area contributed by atoms with Crippen LogP contribution in [0.4, 0.5) is 5.69 Å². The molecule has 7 heteroatoms. The van der Waals surface area contributed by atoms with Crippen molar-refractivity contribution in [2.75, 3.05) is 11.9 Å². The third-order valence-corrected chi connectivity index (χ3v) is 5.16. The summed E-state index contributed by atoms with van der Waals surface area (Å²) in [5.74, 6) is 0.994. The first-order valence-electron chi connectivity index (χ1n) is 8.69. The molecule has 1 aliphatic rings. The lowest BCUT2D eigenvalue weighted by Gasteiger charge is -2.22. The van der Waals surface area contributed by atoms with Crippen LogP contribution < -0.4 is 4.90 Å². The van der Waals surface area contributed by atoms with Crippen LogP contribution in [0, 0.1) is 0 Å². The second-order valence-corrected chi connectivity index (χ2v) is 6.82. The molecular formula is C17H24N6S. The zero-order valence-corrected chi connectivity index (χ0v) is 15.0. The number of pyridine rings is 1. The van der Waals surface area contributed by atoms with Crippen molar-refractivity contribution < 1.29 is 0 Å². The molecular weight excluding hydrogens is 320 g/mol. The number of hydrogen-bond donors (Lipinski definition) is 0. The van der Waals surface area contributed by atoms with Gasteiger partial charge in [-0.25, -0.2) is 4.68 Å². The summed E-state index contributed by atoms with van der Waals surface area (Å²) in [6.45, 7) is 0. The lowest BCUT2D eigenvalue weighted by molar-refractivity contribution is 0.316. The van der Waals surface area contributed by atoms with E-state index in [0.29, 0.717) is 6.04 Å². The summed E-state index contributed by atoms with van der Waals surface area (Å²) in [5.41, 5.74) is 1.02. The quantitative estimate of drug-likeness (QED) is 0.749.